The van der Waals surface area contributed by atoms with E-state index in [2.05, 4.69) is 0 Å². The fraction of sp³-hybridized carbons (Fsp3) is 0.522. The van der Waals surface area contributed by atoms with Crippen LogP contribution in [0.1, 0.15) is 25.3 Å². The van der Waals surface area contributed by atoms with Crippen LogP contribution in [0.2, 0.25) is 0 Å². The largest absolute Gasteiger partial charge is 0.479 e. The zero-order valence-corrected chi connectivity index (χ0v) is 18.8. The third-order valence-corrected chi connectivity index (χ3v) is 6.59. The summed E-state index contributed by atoms with van der Waals surface area (Å²) in [5.41, 5.74) is -5.56. The van der Waals surface area contributed by atoms with Gasteiger partial charge in [-0.3, -0.25) is 0 Å². The molecule has 192 valence electrons. The number of aliphatic hydroxyl groups is 4. The first kappa shape index (κ1) is 26.7. The predicted molar refractivity (Wildman–Crippen MR) is 115 cm³/mol. The first-order chi connectivity index (χ1) is 16.4. The second-order valence-electron chi connectivity index (χ2n) is 8.90. The van der Waals surface area contributed by atoms with Crippen LogP contribution in [0.3, 0.4) is 0 Å². The number of hydrogen-bond donors (Lipinski definition) is 7. The van der Waals surface area contributed by atoms with Crippen molar-refractivity contribution < 1.29 is 59.6 Å². The fourth-order valence-corrected chi connectivity index (χ4v) is 4.77. The van der Waals surface area contributed by atoms with Crippen LogP contribution in [-0.2, 0) is 30.3 Å². The third kappa shape index (κ3) is 4.22. The van der Waals surface area contributed by atoms with Gasteiger partial charge < -0.3 is 45.2 Å². The van der Waals surface area contributed by atoms with Gasteiger partial charge in [0.2, 0.25) is 17.3 Å². The van der Waals surface area contributed by atoms with Crippen LogP contribution < -0.4 is 0 Å². The average molecular weight is 496 g/mol. The summed E-state index contributed by atoms with van der Waals surface area (Å²) in [5.74, 6) is -9.25. The fourth-order valence-electron chi connectivity index (χ4n) is 4.77. The number of carboxylic acid groups (broad SMARTS) is 3. The Morgan fingerprint density at radius 2 is 1.69 bits per heavy atom. The minimum absolute atomic E-state index is 0.0304. The van der Waals surface area contributed by atoms with Gasteiger partial charge in [0.05, 0.1) is 0 Å². The van der Waals surface area contributed by atoms with E-state index in [-0.39, 0.29) is 25.4 Å². The molecular formula is C23H28O12. The molecule has 3 rings (SSSR count). The number of rotatable bonds is 10. The summed E-state index contributed by atoms with van der Waals surface area (Å²) in [6.45, 7) is 1.50. The van der Waals surface area contributed by atoms with E-state index in [1.807, 2.05) is 30.3 Å². The molecule has 35 heavy (non-hydrogen) atoms. The third-order valence-electron chi connectivity index (χ3n) is 6.59. The van der Waals surface area contributed by atoms with Crippen molar-refractivity contribution in [2.45, 2.75) is 61.5 Å². The summed E-state index contributed by atoms with van der Waals surface area (Å²) in [6, 6.07) is 9.36. The van der Waals surface area contributed by atoms with Crippen molar-refractivity contribution in [1.82, 2.24) is 0 Å². The van der Waals surface area contributed by atoms with Crippen molar-refractivity contribution in [1.29, 1.82) is 0 Å². The van der Waals surface area contributed by atoms with Crippen LogP contribution in [0.15, 0.2) is 42.0 Å². The standard InChI is InChI=1S/C23H28O12/c1-12(9-14(11-24)10-13-5-3-2-4-6-13)7-8-21-15(25)16(26)23(35-21,20(31)32)22(33,19(29)30)17(34-21)18(27)28/h2-6,9,14-17,24-26,33H,7-8,10-11H2,1H3,(H,27,28)(H,29,30)(H,31,32)/t14-,15+,16+,17+,21-,22+,23-/m0/s1. The molecule has 2 fully saturated rings. The van der Waals surface area contributed by atoms with Gasteiger partial charge in [0.15, 0.2) is 5.79 Å². The maximum Gasteiger partial charge on any atom is 0.343 e. The molecule has 0 radical (unpaired) electrons. The maximum absolute atomic E-state index is 12.1. The Labute approximate surface area is 199 Å². The van der Waals surface area contributed by atoms with Crippen LogP contribution in [0.25, 0.3) is 0 Å². The Balaban J connectivity index is 1.90. The average Bonchev–Trinajstić information content (AvgIpc) is 3.01. The summed E-state index contributed by atoms with van der Waals surface area (Å²) in [6.07, 6.45) is -5.49. The Morgan fingerprint density at radius 3 is 2.20 bits per heavy atom. The van der Waals surface area contributed by atoms with Gasteiger partial charge in [-0.25, -0.2) is 14.4 Å². The molecule has 0 saturated carbocycles. The zero-order valence-electron chi connectivity index (χ0n) is 18.8. The van der Waals surface area contributed by atoms with Gasteiger partial charge in [-0.1, -0.05) is 42.0 Å². The highest BCUT2D eigenvalue weighted by Gasteiger charge is 2.84. The number of carboxylic acids is 3. The van der Waals surface area contributed by atoms with Crippen LogP contribution in [0.5, 0.6) is 0 Å². The highest BCUT2D eigenvalue weighted by atomic mass is 16.8. The minimum atomic E-state index is -3.76. The van der Waals surface area contributed by atoms with Gasteiger partial charge in [-0.2, -0.15) is 0 Å². The van der Waals surface area contributed by atoms with Gasteiger partial charge in [0.25, 0.3) is 0 Å². The summed E-state index contributed by atoms with van der Waals surface area (Å²) >= 11 is 0. The number of hydrogen-bond acceptors (Lipinski definition) is 9. The molecular weight excluding hydrogens is 468 g/mol. The van der Waals surface area contributed by atoms with Crippen LogP contribution in [0.4, 0.5) is 0 Å². The summed E-state index contributed by atoms with van der Waals surface area (Å²) in [7, 11) is 0. The van der Waals surface area contributed by atoms with Crippen LogP contribution in [0, 0.1) is 5.92 Å². The molecule has 12 nitrogen and oxygen atoms in total. The van der Waals surface area contributed by atoms with Crippen molar-refractivity contribution in [3.63, 3.8) is 0 Å². The van der Waals surface area contributed by atoms with Gasteiger partial charge >= 0.3 is 17.9 Å². The van der Waals surface area contributed by atoms with Crippen LogP contribution >= 0.6 is 0 Å². The molecule has 7 N–H and O–H groups in total. The monoisotopic (exact) mass is 496 g/mol. The molecule has 0 aromatic heterocycles. The quantitative estimate of drug-likeness (QED) is 0.197. The van der Waals surface area contributed by atoms with Gasteiger partial charge in [0.1, 0.15) is 12.2 Å². The molecule has 2 saturated heterocycles. The van der Waals surface area contributed by atoms with Crippen molar-refractivity contribution in [2.75, 3.05) is 6.61 Å². The Kier molecular flexibility index (Phi) is 7.37. The number of ether oxygens (including phenoxy) is 2. The molecule has 0 unspecified atom stereocenters. The van der Waals surface area contributed by atoms with Gasteiger partial charge in [-0.15, -0.1) is 0 Å². The molecule has 0 aliphatic carbocycles. The van der Waals surface area contributed by atoms with E-state index in [9.17, 15) is 50.1 Å². The predicted octanol–water partition coefficient (Wildman–Crippen LogP) is -0.865. The first-order valence-corrected chi connectivity index (χ1v) is 10.8. The van der Waals surface area contributed by atoms with E-state index in [0.717, 1.165) is 5.56 Å². The number of aliphatic hydroxyl groups excluding tert-OH is 3. The van der Waals surface area contributed by atoms with E-state index in [4.69, 9.17) is 9.47 Å². The van der Waals surface area contributed by atoms with Gasteiger partial charge in [0, 0.05) is 18.9 Å². The molecule has 1 aromatic rings. The van der Waals surface area contributed by atoms with Gasteiger partial charge in [-0.05, 0) is 25.3 Å². The zero-order chi connectivity index (χ0) is 26.2. The first-order valence-electron chi connectivity index (χ1n) is 10.8. The summed E-state index contributed by atoms with van der Waals surface area (Å²) in [5, 5.41) is 70.5. The smallest absolute Gasteiger partial charge is 0.343 e. The number of fused-ring (bicyclic) bond motifs is 2. The Hall–Kier alpha value is -2.87. The van der Waals surface area contributed by atoms with Crippen molar-refractivity contribution in [3.8, 4) is 0 Å². The van der Waals surface area contributed by atoms with Crippen molar-refractivity contribution >= 4 is 17.9 Å². The lowest BCUT2D eigenvalue weighted by Gasteiger charge is -2.48. The van der Waals surface area contributed by atoms with E-state index < -0.39 is 53.2 Å². The highest BCUT2D eigenvalue weighted by Crippen LogP contribution is 2.54. The topological polar surface area (TPSA) is 211 Å². The minimum Gasteiger partial charge on any atom is -0.479 e. The molecule has 0 spiro atoms. The lowest BCUT2D eigenvalue weighted by molar-refractivity contribution is -0.373. The normalized spacial score (nSPS) is 35.5. The molecule has 2 bridgehead atoms. The highest BCUT2D eigenvalue weighted by molar-refractivity contribution is 5.97. The Bertz CT molecular complexity index is 1010. The molecule has 1 aromatic carbocycles. The second-order valence-corrected chi connectivity index (χ2v) is 8.90. The maximum atomic E-state index is 12.1. The van der Waals surface area contributed by atoms with Crippen molar-refractivity contribution in [2.24, 2.45) is 5.92 Å². The van der Waals surface area contributed by atoms with E-state index in [1.54, 1.807) is 13.0 Å². The summed E-state index contributed by atoms with van der Waals surface area (Å²) in [4.78, 5) is 35.8. The molecule has 2 aliphatic heterocycles. The molecule has 12 heteroatoms. The lowest BCUT2D eigenvalue weighted by Crippen LogP contribution is -2.77. The lowest BCUT2D eigenvalue weighted by atomic mass is 9.74. The second kappa shape index (κ2) is 9.64. The van der Waals surface area contributed by atoms with E-state index >= 15 is 0 Å². The SMILES string of the molecule is CC(=C[C@H](CO)Cc1ccccc1)CC[C@]12O[C@H](C(=O)O)[C@@](O)(C(=O)O)[C@](C(=O)O)(O1)[C@H](O)[C@H]2O. The van der Waals surface area contributed by atoms with Crippen LogP contribution in [-0.4, -0.2) is 95.6 Å². The number of allylic oxidation sites excluding steroid dienone is 1. The number of benzene rings is 1. The van der Waals surface area contributed by atoms with E-state index in [0.29, 0.717) is 12.0 Å². The van der Waals surface area contributed by atoms with Crippen molar-refractivity contribution in [3.05, 3.63) is 47.5 Å². The number of carbonyl (C=O) groups is 3. The molecule has 0 amide bonds. The number of aliphatic carboxylic acids is 3. The molecule has 7 atom stereocenters. The molecule has 2 heterocycles. The van der Waals surface area contributed by atoms with E-state index in [1.165, 1.54) is 0 Å². The Morgan fingerprint density at radius 1 is 1.06 bits per heavy atom. The summed E-state index contributed by atoms with van der Waals surface area (Å²) < 4.78 is 10.5. The molecule has 2 aliphatic rings.